The number of fused-ring (bicyclic) bond motifs is 4. The Hall–Kier alpha value is -5.52. The highest BCUT2D eigenvalue weighted by Gasteiger charge is 2.17. The number of methoxy groups -OCH3 is 2. The minimum atomic E-state index is -0.689. The topological polar surface area (TPSA) is 156 Å². The Bertz CT molecular complexity index is 2350. The molecule has 6 rings (SSSR count). The summed E-state index contributed by atoms with van der Waals surface area (Å²) in [5.74, 6) is -1.21. The third-order valence-corrected chi connectivity index (χ3v) is 7.30. The molecule has 0 radical (unpaired) electrons. The first-order valence-electron chi connectivity index (χ1n) is 12.9. The molecule has 11 nitrogen and oxygen atoms in total. The highest BCUT2D eigenvalue weighted by atomic mass is 35.5. The van der Waals surface area contributed by atoms with Crippen molar-refractivity contribution in [2.24, 2.45) is 0 Å². The summed E-state index contributed by atoms with van der Waals surface area (Å²) >= 11 is 12.0. The van der Waals surface area contributed by atoms with Crippen molar-refractivity contribution in [3.63, 3.8) is 0 Å². The van der Waals surface area contributed by atoms with Gasteiger partial charge in [-0.2, -0.15) is 0 Å². The number of esters is 2. The molecule has 0 aliphatic heterocycles. The van der Waals surface area contributed by atoms with Gasteiger partial charge in [-0.05, 0) is 54.6 Å². The van der Waals surface area contributed by atoms with Gasteiger partial charge in [-0.25, -0.2) is 14.6 Å². The number of aromatic nitrogens is 2. The summed E-state index contributed by atoms with van der Waals surface area (Å²) in [6, 6.07) is 16.9. The Balaban J connectivity index is 0.000000179. The summed E-state index contributed by atoms with van der Waals surface area (Å²) in [4.78, 5) is 67.8. The SMILES string of the molecule is COC(=O)c1cc2cc([N+](=O)[O-])cnc2c(=O)c2ccc(Cl)cc12.COC(=O)c1cc2cccnc2c(=O)c2ccc(Cl)cc12. The largest absolute Gasteiger partial charge is 0.465 e. The average Bonchev–Trinajstić information content (AvgIpc) is 3.24. The molecule has 0 unspecified atom stereocenters. The smallest absolute Gasteiger partial charge is 0.338 e. The van der Waals surface area contributed by atoms with Crippen LogP contribution in [0.25, 0.3) is 43.4 Å². The van der Waals surface area contributed by atoms with E-state index in [0.717, 1.165) is 6.20 Å². The number of ether oxygens (including phenoxy) is 2. The van der Waals surface area contributed by atoms with E-state index in [-0.39, 0.29) is 38.5 Å². The van der Waals surface area contributed by atoms with Gasteiger partial charge in [0.2, 0.25) is 10.9 Å². The first-order chi connectivity index (χ1) is 21.5. The molecule has 0 aliphatic carbocycles. The lowest BCUT2D eigenvalue weighted by Crippen LogP contribution is -2.03. The molecule has 224 valence electrons. The number of carbonyl (C=O) groups excluding carboxylic acids is 2. The number of hydrogen-bond acceptors (Lipinski definition) is 10. The van der Waals surface area contributed by atoms with Crippen molar-refractivity contribution in [3.8, 4) is 0 Å². The Morgan fingerprint density at radius 3 is 1.73 bits per heavy atom. The highest BCUT2D eigenvalue weighted by molar-refractivity contribution is 6.32. The molecule has 0 fully saturated rings. The molecule has 0 spiro atoms. The van der Waals surface area contributed by atoms with Gasteiger partial charge >= 0.3 is 11.9 Å². The van der Waals surface area contributed by atoms with E-state index in [1.807, 2.05) is 0 Å². The van der Waals surface area contributed by atoms with E-state index in [4.69, 9.17) is 32.7 Å². The summed E-state index contributed by atoms with van der Waals surface area (Å²) in [5, 5.41) is 13.8. The maximum Gasteiger partial charge on any atom is 0.338 e. The molecule has 4 aromatic carbocycles. The van der Waals surface area contributed by atoms with E-state index in [1.165, 1.54) is 44.6 Å². The molecule has 45 heavy (non-hydrogen) atoms. The summed E-state index contributed by atoms with van der Waals surface area (Å²) in [5.41, 5.74) is -0.303. The molecule has 0 atom stereocenters. The van der Waals surface area contributed by atoms with E-state index < -0.39 is 22.3 Å². The molecule has 0 amide bonds. The molecular formula is C32H19Cl2N3O8. The van der Waals surface area contributed by atoms with Crippen LogP contribution < -0.4 is 10.9 Å². The van der Waals surface area contributed by atoms with Crippen LogP contribution in [0.15, 0.2) is 88.7 Å². The second-order valence-corrected chi connectivity index (χ2v) is 10.3. The van der Waals surface area contributed by atoms with Crippen molar-refractivity contribution in [1.29, 1.82) is 0 Å². The first-order valence-corrected chi connectivity index (χ1v) is 13.7. The van der Waals surface area contributed by atoms with Crippen LogP contribution in [0.4, 0.5) is 5.69 Å². The minimum Gasteiger partial charge on any atom is -0.465 e. The lowest BCUT2D eigenvalue weighted by Gasteiger charge is -2.01. The minimum absolute atomic E-state index is 0.0167. The van der Waals surface area contributed by atoms with Crippen LogP contribution >= 0.6 is 23.2 Å². The summed E-state index contributed by atoms with van der Waals surface area (Å²) in [6.45, 7) is 0. The third kappa shape index (κ3) is 5.99. The van der Waals surface area contributed by atoms with Gasteiger partial charge < -0.3 is 9.47 Å². The van der Waals surface area contributed by atoms with E-state index in [0.29, 0.717) is 37.1 Å². The monoisotopic (exact) mass is 643 g/mol. The van der Waals surface area contributed by atoms with Crippen LogP contribution in [0.1, 0.15) is 20.7 Å². The van der Waals surface area contributed by atoms with Crippen LogP contribution in [0.3, 0.4) is 0 Å². The van der Waals surface area contributed by atoms with Gasteiger partial charge in [0, 0.05) is 54.6 Å². The maximum atomic E-state index is 12.7. The Morgan fingerprint density at radius 1 is 0.711 bits per heavy atom. The fraction of sp³-hybridized carbons (Fsp3) is 0.0625. The number of hydrogen-bond donors (Lipinski definition) is 0. The van der Waals surface area contributed by atoms with Gasteiger partial charge in [0.25, 0.3) is 5.69 Å². The standard InChI is InChI=1S/C16H9ClN2O5.C16H10ClNO3/c1-24-16(21)13-5-8-4-10(19(22)23)7-18-14(8)15(20)11-3-2-9(17)6-12(11)13;1-21-16(20)13-7-9-3-2-6-18-14(9)15(19)11-5-4-10(17)8-12(11)13/h2-7H,1H3;2-8H,1H3. The zero-order valence-corrected chi connectivity index (χ0v) is 24.9. The van der Waals surface area contributed by atoms with E-state index >= 15 is 0 Å². The van der Waals surface area contributed by atoms with E-state index in [1.54, 1.807) is 42.6 Å². The zero-order chi connectivity index (χ0) is 32.4. The van der Waals surface area contributed by atoms with E-state index in [2.05, 4.69) is 9.97 Å². The molecule has 0 aliphatic rings. The number of nitrogens with zero attached hydrogens (tertiary/aromatic N) is 3. The van der Waals surface area contributed by atoms with E-state index in [9.17, 15) is 29.3 Å². The lowest BCUT2D eigenvalue weighted by molar-refractivity contribution is -0.385. The van der Waals surface area contributed by atoms with Crippen LogP contribution in [-0.4, -0.2) is 41.0 Å². The highest BCUT2D eigenvalue weighted by Crippen LogP contribution is 2.26. The van der Waals surface area contributed by atoms with Crippen molar-refractivity contribution in [2.75, 3.05) is 14.2 Å². The quantitative estimate of drug-likeness (QED) is 0.122. The second-order valence-electron chi connectivity index (χ2n) is 9.47. The van der Waals surface area contributed by atoms with Crippen LogP contribution in [0, 0.1) is 10.1 Å². The van der Waals surface area contributed by atoms with Gasteiger partial charge in [0.05, 0.1) is 30.3 Å². The normalized spacial score (nSPS) is 10.8. The number of carbonyl (C=O) groups is 2. The fourth-order valence-corrected chi connectivity index (χ4v) is 5.09. The van der Waals surface area contributed by atoms with Crippen molar-refractivity contribution in [3.05, 3.63) is 131 Å². The van der Waals surface area contributed by atoms with Gasteiger partial charge in [-0.15, -0.1) is 0 Å². The van der Waals surface area contributed by atoms with Crippen molar-refractivity contribution in [1.82, 2.24) is 9.97 Å². The number of rotatable bonds is 3. The summed E-state index contributed by atoms with van der Waals surface area (Å²) in [6.07, 6.45) is 2.55. The van der Waals surface area contributed by atoms with Gasteiger partial charge in [-0.1, -0.05) is 29.3 Å². The molecular weight excluding hydrogens is 625 g/mol. The number of nitro groups is 1. The molecule has 2 aromatic heterocycles. The molecule has 2 heterocycles. The summed E-state index contributed by atoms with van der Waals surface area (Å²) in [7, 11) is 2.50. The predicted molar refractivity (Wildman–Crippen MR) is 170 cm³/mol. The Kier molecular flexibility index (Phi) is 8.66. The second kappa shape index (κ2) is 12.6. The average molecular weight is 644 g/mol. The number of benzene rings is 2. The predicted octanol–water partition coefficient (Wildman–Crippen LogP) is 6.28. The van der Waals surface area contributed by atoms with Crippen LogP contribution in [0.5, 0.6) is 0 Å². The van der Waals surface area contributed by atoms with Crippen LogP contribution in [-0.2, 0) is 9.47 Å². The molecule has 0 saturated heterocycles. The zero-order valence-electron chi connectivity index (χ0n) is 23.4. The third-order valence-electron chi connectivity index (χ3n) is 6.83. The fourth-order valence-electron chi connectivity index (χ4n) is 4.75. The molecule has 0 saturated carbocycles. The van der Waals surface area contributed by atoms with Crippen molar-refractivity contribution >= 4 is 84.2 Å². The molecule has 0 N–H and O–H groups in total. The Labute approximate surface area is 262 Å². The van der Waals surface area contributed by atoms with Gasteiger partial charge in [0.1, 0.15) is 17.2 Å². The molecule has 13 heteroatoms. The maximum absolute atomic E-state index is 12.7. The summed E-state index contributed by atoms with van der Waals surface area (Å²) < 4.78 is 9.56. The van der Waals surface area contributed by atoms with Gasteiger partial charge in [0.15, 0.2) is 0 Å². The molecule has 0 bridgehead atoms. The first kappa shape index (κ1) is 30.9. The number of pyridine rings is 2. The Morgan fingerprint density at radius 2 is 1.22 bits per heavy atom. The molecule has 6 aromatic rings. The van der Waals surface area contributed by atoms with Gasteiger partial charge in [-0.3, -0.25) is 24.7 Å². The van der Waals surface area contributed by atoms with Crippen LogP contribution in [0.2, 0.25) is 10.0 Å². The van der Waals surface area contributed by atoms with Crippen molar-refractivity contribution in [2.45, 2.75) is 0 Å². The lowest BCUT2D eigenvalue weighted by atomic mass is 10.1. The van der Waals surface area contributed by atoms with Crippen molar-refractivity contribution < 1.29 is 24.0 Å². The number of halogens is 2.